The van der Waals surface area contributed by atoms with Gasteiger partial charge in [-0.1, -0.05) is 43.3 Å². The highest BCUT2D eigenvalue weighted by Gasteiger charge is 2.08. The normalized spacial score (nSPS) is 10.7. The van der Waals surface area contributed by atoms with Crippen LogP contribution >= 0.6 is 0 Å². The predicted octanol–water partition coefficient (Wildman–Crippen LogP) is 2.28. The average Bonchev–Trinajstić information content (AvgIpc) is 2.63. The van der Waals surface area contributed by atoms with Gasteiger partial charge in [0.25, 0.3) is 5.56 Å². The summed E-state index contributed by atoms with van der Waals surface area (Å²) in [6, 6.07) is 15.4. The molecule has 0 unspecified atom stereocenters. The SMILES string of the molecule is CCc1ccc(CNC(=O)Cn2c(=O)cnc3ccccc32)cc1. The molecule has 1 N–H and O–H groups in total. The molecule has 0 saturated carbocycles. The number of amides is 1. The van der Waals surface area contributed by atoms with Crippen LogP contribution in [-0.4, -0.2) is 15.5 Å². The van der Waals surface area contributed by atoms with Crippen LogP contribution in [0.4, 0.5) is 0 Å². The molecule has 122 valence electrons. The average molecular weight is 321 g/mol. The smallest absolute Gasteiger partial charge is 0.269 e. The van der Waals surface area contributed by atoms with Crippen molar-refractivity contribution in [2.24, 2.45) is 0 Å². The Morgan fingerprint density at radius 2 is 1.79 bits per heavy atom. The number of carbonyl (C=O) groups is 1. The molecular formula is C19H19N3O2. The molecule has 0 fully saturated rings. The number of nitrogens with zero attached hydrogens (tertiary/aromatic N) is 2. The number of hydrogen-bond acceptors (Lipinski definition) is 3. The third-order valence-electron chi connectivity index (χ3n) is 3.98. The van der Waals surface area contributed by atoms with Gasteiger partial charge < -0.3 is 5.32 Å². The highest BCUT2D eigenvalue weighted by Crippen LogP contribution is 2.08. The molecule has 1 aromatic heterocycles. The molecular weight excluding hydrogens is 302 g/mol. The molecule has 3 rings (SSSR count). The molecule has 5 nitrogen and oxygen atoms in total. The minimum Gasteiger partial charge on any atom is -0.350 e. The van der Waals surface area contributed by atoms with Crippen LogP contribution in [0.1, 0.15) is 18.1 Å². The van der Waals surface area contributed by atoms with Crippen molar-refractivity contribution in [3.05, 3.63) is 76.2 Å². The van der Waals surface area contributed by atoms with Crippen LogP contribution in [0.25, 0.3) is 11.0 Å². The zero-order valence-corrected chi connectivity index (χ0v) is 13.5. The maximum atomic E-state index is 12.2. The molecule has 0 spiro atoms. The molecule has 0 bridgehead atoms. The molecule has 3 aromatic rings. The summed E-state index contributed by atoms with van der Waals surface area (Å²) < 4.78 is 1.44. The van der Waals surface area contributed by atoms with Gasteiger partial charge in [-0.3, -0.25) is 14.2 Å². The van der Waals surface area contributed by atoms with E-state index in [9.17, 15) is 9.59 Å². The lowest BCUT2D eigenvalue weighted by Gasteiger charge is -2.10. The van der Waals surface area contributed by atoms with Crippen LogP contribution in [-0.2, 0) is 24.3 Å². The Bertz CT molecular complexity index is 914. The molecule has 0 aliphatic heterocycles. The van der Waals surface area contributed by atoms with Crippen molar-refractivity contribution in [2.45, 2.75) is 26.4 Å². The maximum Gasteiger partial charge on any atom is 0.269 e. The van der Waals surface area contributed by atoms with Crippen molar-refractivity contribution in [3.8, 4) is 0 Å². The van der Waals surface area contributed by atoms with E-state index in [-0.39, 0.29) is 18.0 Å². The van der Waals surface area contributed by atoms with Crippen LogP contribution in [0.5, 0.6) is 0 Å². The lowest BCUT2D eigenvalue weighted by atomic mass is 10.1. The van der Waals surface area contributed by atoms with Crippen molar-refractivity contribution in [1.29, 1.82) is 0 Å². The topological polar surface area (TPSA) is 64.0 Å². The summed E-state index contributed by atoms with van der Waals surface area (Å²) in [6.45, 7) is 2.53. The molecule has 24 heavy (non-hydrogen) atoms. The predicted molar refractivity (Wildman–Crippen MR) is 93.7 cm³/mol. The number of hydrogen-bond donors (Lipinski definition) is 1. The lowest BCUT2D eigenvalue weighted by molar-refractivity contribution is -0.121. The third-order valence-corrected chi connectivity index (χ3v) is 3.98. The minimum atomic E-state index is -0.281. The van der Waals surface area contributed by atoms with Gasteiger partial charge in [-0.2, -0.15) is 0 Å². The summed E-state index contributed by atoms with van der Waals surface area (Å²) in [5, 5.41) is 2.86. The van der Waals surface area contributed by atoms with Gasteiger partial charge in [-0.25, -0.2) is 4.98 Å². The summed E-state index contributed by atoms with van der Waals surface area (Å²) in [5.41, 5.74) is 3.37. The quantitative estimate of drug-likeness (QED) is 0.784. The zero-order valence-electron chi connectivity index (χ0n) is 13.5. The van der Waals surface area contributed by atoms with E-state index in [0.29, 0.717) is 17.6 Å². The Hall–Kier alpha value is -2.95. The molecule has 0 atom stereocenters. The van der Waals surface area contributed by atoms with Gasteiger partial charge in [-0.15, -0.1) is 0 Å². The van der Waals surface area contributed by atoms with E-state index in [1.807, 2.05) is 30.3 Å². The molecule has 0 saturated heterocycles. The van der Waals surface area contributed by atoms with Crippen LogP contribution in [0, 0.1) is 0 Å². The van der Waals surface area contributed by atoms with E-state index in [1.54, 1.807) is 6.07 Å². The number of nitrogens with one attached hydrogen (secondary N) is 1. The summed E-state index contributed by atoms with van der Waals surface area (Å²) in [4.78, 5) is 28.3. The first-order valence-corrected chi connectivity index (χ1v) is 7.96. The first-order valence-electron chi connectivity index (χ1n) is 7.96. The van der Waals surface area contributed by atoms with Crippen molar-refractivity contribution in [2.75, 3.05) is 0 Å². The molecule has 0 aliphatic rings. The van der Waals surface area contributed by atoms with Gasteiger partial charge >= 0.3 is 0 Å². The monoisotopic (exact) mass is 321 g/mol. The van der Waals surface area contributed by atoms with Crippen LogP contribution in [0.3, 0.4) is 0 Å². The van der Waals surface area contributed by atoms with Gasteiger partial charge in [0.05, 0.1) is 17.2 Å². The van der Waals surface area contributed by atoms with Gasteiger partial charge in [-0.05, 0) is 29.7 Å². The van der Waals surface area contributed by atoms with E-state index in [4.69, 9.17) is 0 Å². The fourth-order valence-electron chi connectivity index (χ4n) is 2.57. The number of aryl methyl sites for hydroxylation is 1. The Morgan fingerprint density at radius 3 is 2.54 bits per heavy atom. The standard InChI is InChI=1S/C19H19N3O2/c1-2-14-7-9-15(10-8-14)11-21-18(23)13-22-17-6-4-3-5-16(17)20-12-19(22)24/h3-10,12H,2,11,13H2,1H3,(H,21,23). The van der Waals surface area contributed by atoms with Gasteiger partial charge in [0, 0.05) is 6.54 Å². The fraction of sp³-hybridized carbons (Fsp3) is 0.211. The summed E-state index contributed by atoms with van der Waals surface area (Å²) >= 11 is 0. The minimum absolute atomic E-state index is 0.0189. The van der Waals surface area contributed by atoms with E-state index < -0.39 is 0 Å². The number of para-hydroxylation sites is 2. The Morgan fingerprint density at radius 1 is 1.08 bits per heavy atom. The molecule has 1 amide bonds. The number of rotatable bonds is 5. The second-order valence-corrected chi connectivity index (χ2v) is 5.62. The second kappa shape index (κ2) is 7.08. The van der Waals surface area contributed by atoms with Crippen molar-refractivity contribution in [3.63, 3.8) is 0 Å². The van der Waals surface area contributed by atoms with Gasteiger partial charge in [0.1, 0.15) is 6.54 Å². The first-order chi connectivity index (χ1) is 11.7. The van der Waals surface area contributed by atoms with E-state index >= 15 is 0 Å². The number of aromatic nitrogens is 2. The van der Waals surface area contributed by atoms with Crippen molar-refractivity contribution >= 4 is 16.9 Å². The van der Waals surface area contributed by atoms with Gasteiger partial charge in [0.15, 0.2) is 0 Å². The molecule has 2 aromatic carbocycles. The second-order valence-electron chi connectivity index (χ2n) is 5.62. The van der Waals surface area contributed by atoms with E-state index in [0.717, 1.165) is 12.0 Å². The summed E-state index contributed by atoms with van der Waals surface area (Å²) in [5.74, 6) is -0.201. The maximum absolute atomic E-state index is 12.2. The third kappa shape index (κ3) is 3.51. The largest absolute Gasteiger partial charge is 0.350 e. The van der Waals surface area contributed by atoms with Gasteiger partial charge in [0.2, 0.25) is 5.91 Å². The van der Waals surface area contributed by atoms with Crippen LogP contribution in [0.2, 0.25) is 0 Å². The number of fused-ring (bicyclic) bond motifs is 1. The Balaban J connectivity index is 1.71. The van der Waals surface area contributed by atoms with E-state index in [1.165, 1.54) is 16.3 Å². The lowest BCUT2D eigenvalue weighted by Crippen LogP contribution is -2.32. The summed E-state index contributed by atoms with van der Waals surface area (Å²) in [7, 11) is 0. The van der Waals surface area contributed by atoms with Crippen molar-refractivity contribution < 1.29 is 4.79 Å². The highest BCUT2D eigenvalue weighted by atomic mass is 16.2. The number of carbonyl (C=O) groups excluding carboxylic acids is 1. The summed E-state index contributed by atoms with van der Waals surface area (Å²) in [6.07, 6.45) is 2.24. The van der Waals surface area contributed by atoms with E-state index in [2.05, 4.69) is 29.4 Å². The zero-order chi connectivity index (χ0) is 16.9. The first kappa shape index (κ1) is 15.9. The number of benzene rings is 2. The highest BCUT2D eigenvalue weighted by molar-refractivity contribution is 5.79. The molecule has 0 radical (unpaired) electrons. The van der Waals surface area contributed by atoms with Crippen LogP contribution in [0.15, 0.2) is 59.5 Å². The Kier molecular flexibility index (Phi) is 4.70. The van der Waals surface area contributed by atoms with Crippen LogP contribution < -0.4 is 10.9 Å². The molecule has 5 heteroatoms. The molecule has 0 aliphatic carbocycles. The Labute approximate surface area is 140 Å². The molecule has 1 heterocycles. The fourth-order valence-corrected chi connectivity index (χ4v) is 2.57. The van der Waals surface area contributed by atoms with Crippen molar-refractivity contribution in [1.82, 2.24) is 14.9 Å².